The van der Waals surface area contributed by atoms with Gasteiger partial charge in [0, 0.05) is 11.7 Å². The highest BCUT2D eigenvalue weighted by Crippen LogP contribution is 2.19. The Morgan fingerprint density at radius 3 is 2.22 bits per heavy atom. The molecular formula is C14H20N2O2. The molecule has 1 atom stereocenters. The molecule has 18 heavy (non-hydrogen) atoms. The van der Waals surface area contributed by atoms with Gasteiger partial charge in [-0.05, 0) is 38.3 Å². The number of hydrogen-bond donors (Lipinski definition) is 2. The molecule has 2 amide bonds. The van der Waals surface area contributed by atoms with Gasteiger partial charge < -0.3 is 10.6 Å². The van der Waals surface area contributed by atoms with Crippen LogP contribution >= 0.6 is 0 Å². The second-order valence-corrected chi connectivity index (χ2v) is 4.50. The quantitative estimate of drug-likeness (QED) is 0.805. The molecular weight excluding hydrogens is 228 g/mol. The van der Waals surface area contributed by atoms with Crippen LogP contribution in [0, 0.1) is 13.8 Å². The van der Waals surface area contributed by atoms with Crippen LogP contribution in [0.3, 0.4) is 0 Å². The van der Waals surface area contributed by atoms with Crippen molar-refractivity contribution in [3.63, 3.8) is 0 Å². The number of carbonyl (C=O) groups is 2. The van der Waals surface area contributed by atoms with Gasteiger partial charge in [0.1, 0.15) is 0 Å². The summed E-state index contributed by atoms with van der Waals surface area (Å²) < 4.78 is 0. The first kappa shape index (κ1) is 14.2. The van der Waals surface area contributed by atoms with E-state index in [1.165, 1.54) is 0 Å². The normalized spacial score (nSPS) is 11.8. The molecule has 4 nitrogen and oxygen atoms in total. The summed E-state index contributed by atoms with van der Waals surface area (Å²) in [6, 6.07) is 5.71. The van der Waals surface area contributed by atoms with E-state index in [4.69, 9.17) is 0 Å². The highest BCUT2D eigenvalue weighted by atomic mass is 16.2. The first-order valence-electron chi connectivity index (χ1n) is 6.13. The highest BCUT2D eigenvalue weighted by Gasteiger charge is 2.16. The summed E-state index contributed by atoms with van der Waals surface area (Å²) in [7, 11) is 0. The van der Waals surface area contributed by atoms with Gasteiger partial charge in [-0.2, -0.15) is 0 Å². The van der Waals surface area contributed by atoms with E-state index < -0.39 is 11.8 Å². The zero-order valence-electron chi connectivity index (χ0n) is 11.3. The molecule has 2 N–H and O–H groups in total. The van der Waals surface area contributed by atoms with Crippen molar-refractivity contribution in [1.29, 1.82) is 0 Å². The molecule has 0 spiro atoms. The van der Waals surface area contributed by atoms with Crippen molar-refractivity contribution < 1.29 is 9.59 Å². The van der Waals surface area contributed by atoms with Gasteiger partial charge in [0.2, 0.25) is 0 Å². The molecule has 0 heterocycles. The zero-order valence-corrected chi connectivity index (χ0v) is 11.3. The third-order valence-corrected chi connectivity index (χ3v) is 2.92. The van der Waals surface area contributed by atoms with Crippen molar-refractivity contribution in [2.75, 3.05) is 5.32 Å². The van der Waals surface area contributed by atoms with Crippen molar-refractivity contribution in [2.24, 2.45) is 0 Å². The van der Waals surface area contributed by atoms with Gasteiger partial charge in [0.15, 0.2) is 0 Å². The van der Waals surface area contributed by atoms with Crippen LogP contribution in [0.1, 0.15) is 31.4 Å². The predicted octanol–water partition coefficient (Wildman–Crippen LogP) is 2.16. The van der Waals surface area contributed by atoms with Crippen molar-refractivity contribution in [3.8, 4) is 0 Å². The van der Waals surface area contributed by atoms with Crippen LogP contribution in [0.4, 0.5) is 5.69 Å². The Kier molecular flexibility index (Phi) is 4.89. The predicted molar refractivity (Wildman–Crippen MR) is 72.4 cm³/mol. The molecule has 0 fully saturated rings. The Bertz CT molecular complexity index is 435. The second kappa shape index (κ2) is 6.19. The van der Waals surface area contributed by atoms with Crippen LogP contribution in [-0.2, 0) is 9.59 Å². The SMILES string of the molecule is CCC(C)NC(=O)C(=O)Nc1c(C)cccc1C. The van der Waals surface area contributed by atoms with E-state index in [-0.39, 0.29) is 6.04 Å². The average Bonchev–Trinajstić information content (AvgIpc) is 2.33. The molecule has 0 bridgehead atoms. The lowest BCUT2D eigenvalue weighted by atomic mass is 10.1. The smallest absolute Gasteiger partial charge is 0.313 e. The van der Waals surface area contributed by atoms with E-state index in [1.807, 2.05) is 45.9 Å². The number of anilines is 1. The largest absolute Gasteiger partial charge is 0.345 e. The molecule has 1 aromatic rings. The molecule has 1 aromatic carbocycles. The van der Waals surface area contributed by atoms with Crippen molar-refractivity contribution in [2.45, 2.75) is 40.2 Å². The number of rotatable bonds is 3. The maximum Gasteiger partial charge on any atom is 0.313 e. The third-order valence-electron chi connectivity index (χ3n) is 2.92. The molecule has 4 heteroatoms. The molecule has 0 aliphatic heterocycles. The summed E-state index contributed by atoms with van der Waals surface area (Å²) in [6.07, 6.45) is 0.794. The average molecular weight is 248 g/mol. The van der Waals surface area contributed by atoms with E-state index in [9.17, 15) is 9.59 Å². The Labute approximate surface area is 108 Å². The number of hydrogen-bond acceptors (Lipinski definition) is 2. The minimum absolute atomic E-state index is 0.00113. The topological polar surface area (TPSA) is 58.2 Å². The summed E-state index contributed by atoms with van der Waals surface area (Å²) in [5, 5.41) is 5.29. The van der Waals surface area contributed by atoms with E-state index in [2.05, 4.69) is 10.6 Å². The Hall–Kier alpha value is -1.84. The lowest BCUT2D eigenvalue weighted by molar-refractivity contribution is -0.136. The fourth-order valence-corrected chi connectivity index (χ4v) is 1.57. The van der Waals surface area contributed by atoms with E-state index in [0.717, 1.165) is 17.5 Å². The molecule has 1 unspecified atom stereocenters. The molecule has 0 aliphatic rings. The summed E-state index contributed by atoms with van der Waals surface area (Å²) in [6.45, 7) is 7.61. The summed E-state index contributed by atoms with van der Waals surface area (Å²) in [5.41, 5.74) is 2.60. The molecule has 0 radical (unpaired) electrons. The minimum atomic E-state index is -0.618. The third kappa shape index (κ3) is 3.58. The van der Waals surface area contributed by atoms with Gasteiger partial charge >= 0.3 is 11.8 Å². The maximum absolute atomic E-state index is 11.7. The number of aryl methyl sites for hydroxylation is 2. The first-order chi connectivity index (χ1) is 8.45. The van der Waals surface area contributed by atoms with Gasteiger partial charge in [0.05, 0.1) is 0 Å². The fourth-order valence-electron chi connectivity index (χ4n) is 1.57. The van der Waals surface area contributed by atoms with Gasteiger partial charge in [-0.1, -0.05) is 25.1 Å². The second-order valence-electron chi connectivity index (χ2n) is 4.50. The standard InChI is InChI=1S/C14H20N2O2/c1-5-11(4)15-13(17)14(18)16-12-9(2)7-6-8-10(12)3/h6-8,11H,5H2,1-4H3,(H,15,17)(H,16,18). The molecule has 98 valence electrons. The number of nitrogens with one attached hydrogen (secondary N) is 2. The van der Waals surface area contributed by atoms with Gasteiger partial charge in [-0.15, -0.1) is 0 Å². The highest BCUT2D eigenvalue weighted by molar-refractivity contribution is 6.39. The van der Waals surface area contributed by atoms with Crippen molar-refractivity contribution >= 4 is 17.5 Å². The first-order valence-corrected chi connectivity index (χ1v) is 6.13. The molecule has 0 saturated heterocycles. The minimum Gasteiger partial charge on any atom is -0.345 e. The van der Waals surface area contributed by atoms with Crippen molar-refractivity contribution in [3.05, 3.63) is 29.3 Å². The number of para-hydroxylation sites is 1. The Balaban J connectivity index is 2.73. The van der Waals surface area contributed by atoms with E-state index in [0.29, 0.717) is 5.69 Å². The Morgan fingerprint density at radius 2 is 1.72 bits per heavy atom. The number of benzene rings is 1. The monoisotopic (exact) mass is 248 g/mol. The van der Waals surface area contributed by atoms with Crippen molar-refractivity contribution in [1.82, 2.24) is 5.32 Å². The van der Waals surface area contributed by atoms with Gasteiger partial charge in [0.25, 0.3) is 0 Å². The van der Waals surface area contributed by atoms with Crippen LogP contribution in [0.2, 0.25) is 0 Å². The van der Waals surface area contributed by atoms with Crippen LogP contribution in [0.5, 0.6) is 0 Å². The van der Waals surface area contributed by atoms with Crippen LogP contribution in [0.15, 0.2) is 18.2 Å². The Morgan fingerprint density at radius 1 is 1.17 bits per heavy atom. The lowest BCUT2D eigenvalue weighted by Crippen LogP contribution is -2.40. The van der Waals surface area contributed by atoms with Gasteiger partial charge in [-0.25, -0.2) is 0 Å². The van der Waals surface area contributed by atoms with Crippen LogP contribution < -0.4 is 10.6 Å². The van der Waals surface area contributed by atoms with E-state index >= 15 is 0 Å². The maximum atomic E-state index is 11.7. The summed E-state index contributed by atoms with van der Waals surface area (Å²) in [5.74, 6) is -1.21. The van der Waals surface area contributed by atoms with E-state index in [1.54, 1.807) is 0 Å². The van der Waals surface area contributed by atoms with Crippen LogP contribution in [0.25, 0.3) is 0 Å². The number of carbonyl (C=O) groups excluding carboxylic acids is 2. The number of amides is 2. The fraction of sp³-hybridized carbons (Fsp3) is 0.429. The molecule has 0 saturated carbocycles. The zero-order chi connectivity index (χ0) is 13.7. The summed E-state index contributed by atoms with van der Waals surface area (Å²) >= 11 is 0. The lowest BCUT2D eigenvalue weighted by Gasteiger charge is -2.13. The van der Waals surface area contributed by atoms with Gasteiger partial charge in [-0.3, -0.25) is 9.59 Å². The van der Waals surface area contributed by atoms with Crippen LogP contribution in [-0.4, -0.2) is 17.9 Å². The molecule has 0 aliphatic carbocycles. The molecule has 1 rings (SSSR count). The molecule has 0 aromatic heterocycles. The summed E-state index contributed by atoms with van der Waals surface area (Å²) in [4.78, 5) is 23.4.